The number of rotatable bonds is 6. The standard InChI is InChI=1S/C27H21F4N7O2/c1-15-23-24(32-14-33-25(23)38(37-15)19-8-10-20(40-2)11-9-19)34-17-4-6-18(7-5-17)35-26(39)36-22-13-16(27(29,30)31)3-12-21(22)28/h3-14H,1-2H3,(H,32,33,34)(H2,35,36,39). The van der Waals surface area contributed by atoms with Gasteiger partial charge in [-0.25, -0.2) is 23.8 Å². The van der Waals surface area contributed by atoms with E-state index in [1.54, 1.807) is 36.1 Å². The van der Waals surface area contributed by atoms with Crippen LogP contribution in [0, 0.1) is 12.7 Å². The number of alkyl halides is 3. The minimum absolute atomic E-state index is 0.326. The second-order valence-corrected chi connectivity index (χ2v) is 8.59. The van der Waals surface area contributed by atoms with Gasteiger partial charge in [0.05, 0.1) is 35.1 Å². The van der Waals surface area contributed by atoms with Crippen molar-refractivity contribution in [2.24, 2.45) is 0 Å². The fraction of sp³-hybridized carbons (Fsp3) is 0.111. The SMILES string of the molecule is COc1ccc(-n2nc(C)c3c(Nc4ccc(NC(=O)Nc5cc(C(F)(F)F)ccc5F)cc4)ncnc32)cc1. The molecule has 0 aliphatic carbocycles. The van der Waals surface area contributed by atoms with E-state index in [0.29, 0.717) is 57.9 Å². The molecule has 3 N–H and O–H groups in total. The van der Waals surface area contributed by atoms with Crippen molar-refractivity contribution in [1.82, 2.24) is 19.7 Å². The van der Waals surface area contributed by atoms with Gasteiger partial charge in [-0.15, -0.1) is 0 Å². The summed E-state index contributed by atoms with van der Waals surface area (Å²) < 4.78 is 59.6. The molecule has 0 fully saturated rings. The number of anilines is 4. The van der Waals surface area contributed by atoms with Crippen LogP contribution in [0.3, 0.4) is 0 Å². The zero-order chi connectivity index (χ0) is 28.4. The van der Waals surface area contributed by atoms with Gasteiger partial charge in [0, 0.05) is 11.4 Å². The summed E-state index contributed by atoms with van der Waals surface area (Å²) in [5, 5.41) is 13.1. The van der Waals surface area contributed by atoms with Crippen LogP contribution in [-0.4, -0.2) is 32.9 Å². The summed E-state index contributed by atoms with van der Waals surface area (Å²) in [6.45, 7) is 1.84. The number of carbonyl (C=O) groups excluding carboxylic acids is 1. The minimum atomic E-state index is -4.68. The third kappa shape index (κ3) is 5.48. The lowest BCUT2D eigenvalue weighted by molar-refractivity contribution is -0.137. The Kier molecular flexibility index (Phi) is 6.94. The lowest BCUT2D eigenvalue weighted by atomic mass is 10.2. The van der Waals surface area contributed by atoms with E-state index in [2.05, 4.69) is 31.0 Å². The van der Waals surface area contributed by atoms with Crippen LogP contribution in [0.5, 0.6) is 5.75 Å². The molecule has 3 aromatic carbocycles. The van der Waals surface area contributed by atoms with Crippen molar-refractivity contribution in [2.75, 3.05) is 23.1 Å². The number of benzene rings is 3. The topological polar surface area (TPSA) is 106 Å². The first-order valence-corrected chi connectivity index (χ1v) is 11.8. The second-order valence-electron chi connectivity index (χ2n) is 8.59. The molecular weight excluding hydrogens is 530 g/mol. The molecule has 0 aliphatic rings. The molecule has 2 amide bonds. The van der Waals surface area contributed by atoms with Crippen molar-refractivity contribution >= 4 is 39.9 Å². The number of fused-ring (bicyclic) bond motifs is 1. The molecule has 0 spiro atoms. The van der Waals surface area contributed by atoms with Gasteiger partial charge >= 0.3 is 12.2 Å². The van der Waals surface area contributed by atoms with Gasteiger partial charge < -0.3 is 20.7 Å². The number of aromatic nitrogens is 4. The number of amides is 2. The average molecular weight is 552 g/mol. The van der Waals surface area contributed by atoms with Crippen LogP contribution in [0.2, 0.25) is 0 Å². The highest BCUT2D eigenvalue weighted by molar-refractivity contribution is 6.00. The molecule has 2 aromatic heterocycles. The third-order valence-electron chi connectivity index (χ3n) is 5.90. The van der Waals surface area contributed by atoms with Gasteiger partial charge in [0.1, 0.15) is 23.7 Å². The Morgan fingerprint density at radius 1 is 0.925 bits per heavy atom. The van der Waals surface area contributed by atoms with E-state index in [1.807, 2.05) is 31.2 Å². The predicted octanol–water partition coefficient (Wildman–Crippen LogP) is 6.68. The lowest BCUT2D eigenvalue weighted by Gasteiger charge is -2.12. The Bertz CT molecular complexity index is 1690. The molecule has 0 radical (unpaired) electrons. The maximum absolute atomic E-state index is 13.9. The van der Waals surface area contributed by atoms with Gasteiger partial charge in [0.2, 0.25) is 0 Å². The fourth-order valence-corrected chi connectivity index (χ4v) is 3.97. The number of hydrogen-bond acceptors (Lipinski definition) is 6. The number of urea groups is 1. The van der Waals surface area contributed by atoms with Crippen LogP contribution in [0.25, 0.3) is 16.7 Å². The zero-order valence-electron chi connectivity index (χ0n) is 21.0. The molecule has 0 bridgehead atoms. The molecule has 0 atom stereocenters. The van der Waals surface area contributed by atoms with Crippen LogP contribution >= 0.6 is 0 Å². The molecular formula is C27H21F4N7O2. The van der Waals surface area contributed by atoms with E-state index in [0.717, 1.165) is 5.69 Å². The number of nitrogens with zero attached hydrogens (tertiary/aromatic N) is 4. The molecule has 40 heavy (non-hydrogen) atoms. The Morgan fingerprint density at radius 2 is 1.62 bits per heavy atom. The van der Waals surface area contributed by atoms with Crippen LogP contribution in [-0.2, 0) is 6.18 Å². The smallest absolute Gasteiger partial charge is 0.416 e. The number of halogens is 4. The monoisotopic (exact) mass is 551 g/mol. The highest BCUT2D eigenvalue weighted by Gasteiger charge is 2.31. The third-order valence-corrected chi connectivity index (χ3v) is 5.90. The van der Waals surface area contributed by atoms with Crippen LogP contribution in [0.1, 0.15) is 11.3 Å². The number of ether oxygens (including phenoxy) is 1. The van der Waals surface area contributed by atoms with E-state index < -0.39 is 29.3 Å². The summed E-state index contributed by atoms with van der Waals surface area (Å²) in [7, 11) is 1.59. The number of carbonyl (C=O) groups is 1. The molecule has 9 nitrogen and oxygen atoms in total. The number of methoxy groups -OCH3 is 1. The summed E-state index contributed by atoms with van der Waals surface area (Å²) in [4.78, 5) is 21.1. The van der Waals surface area contributed by atoms with Gasteiger partial charge in [-0.3, -0.25) is 0 Å². The van der Waals surface area contributed by atoms with Gasteiger partial charge in [-0.05, 0) is 73.7 Å². The molecule has 5 rings (SSSR count). The normalized spacial score (nSPS) is 11.3. The van der Waals surface area contributed by atoms with Crippen molar-refractivity contribution < 1.29 is 27.1 Å². The molecule has 204 valence electrons. The molecule has 0 unspecified atom stereocenters. The molecule has 2 heterocycles. The summed E-state index contributed by atoms with van der Waals surface area (Å²) in [5.41, 5.74) is 1.37. The fourth-order valence-electron chi connectivity index (χ4n) is 3.97. The Balaban J connectivity index is 1.30. The zero-order valence-corrected chi connectivity index (χ0v) is 21.0. The Morgan fingerprint density at radius 3 is 2.30 bits per heavy atom. The van der Waals surface area contributed by atoms with Crippen LogP contribution in [0.4, 0.5) is 45.2 Å². The molecule has 0 saturated heterocycles. The first-order valence-electron chi connectivity index (χ1n) is 11.8. The maximum atomic E-state index is 13.9. The van der Waals surface area contributed by atoms with Crippen LogP contribution in [0.15, 0.2) is 73.1 Å². The van der Waals surface area contributed by atoms with E-state index in [1.165, 1.54) is 6.33 Å². The second kappa shape index (κ2) is 10.5. The summed E-state index contributed by atoms with van der Waals surface area (Å²) in [6.07, 6.45) is -3.26. The first-order chi connectivity index (χ1) is 19.1. The average Bonchev–Trinajstić information content (AvgIpc) is 3.27. The van der Waals surface area contributed by atoms with E-state index in [-0.39, 0.29) is 0 Å². The molecule has 13 heteroatoms. The van der Waals surface area contributed by atoms with Gasteiger partial charge in [0.15, 0.2) is 5.65 Å². The summed E-state index contributed by atoms with van der Waals surface area (Å²) >= 11 is 0. The van der Waals surface area contributed by atoms with Crippen molar-refractivity contribution in [3.63, 3.8) is 0 Å². The van der Waals surface area contributed by atoms with E-state index in [9.17, 15) is 22.4 Å². The van der Waals surface area contributed by atoms with Crippen molar-refractivity contribution in [1.29, 1.82) is 0 Å². The largest absolute Gasteiger partial charge is 0.497 e. The summed E-state index contributed by atoms with van der Waals surface area (Å²) in [5.74, 6) is 0.234. The molecule has 5 aromatic rings. The Hall–Kier alpha value is -5.20. The summed E-state index contributed by atoms with van der Waals surface area (Å²) in [6, 6.07) is 14.7. The van der Waals surface area contributed by atoms with E-state index in [4.69, 9.17) is 4.74 Å². The quantitative estimate of drug-likeness (QED) is 0.203. The first kappa shape index (κ1) is 26.4. The molecule has 0 saturated carbocycles. The number of aryl methyl sites for hydroxylation is 1. The highest BCUT2D eigenvalue weighted by Crippen LogP contribution is 2.32. The lowest BCUT2D eigenvalue weighted by Crippen LogP contribution is -2.20. The number of hydrogen-bond donors (Lipinski definition) is 3. The van der Waals surface area contributed by atoms with Crippen molar-refractivity contribution in [3.05, 3.63) is 90.1 Å². The van der Waals surface area contributed by atoms with Crippen LogP contribution < -0.4 is 20.7 Å². The van der Waals surface area contributed by atoms with E-state index >= 15 is 0 Å². The van der Waals surface area contributed by atoms with Crippen molar-refractivity contribution in [2.45, 2.75) is 13.1 Å². The number of nitrogens with one attached hydrogen (secondary N) is 3. The predicted molar refractivity (Wildman–Crippen MR) is 142 cm³/mol. The maximum Gasteiger partial charge on any atom is 0.416 e. The molecule has 0 aliphatic heterocycles. The van der Waals surface area contributed by atoms with Gasteiger partial charge in [-0.2, -0.15) is 18.3 Å². The van der Waals surface area contributed by atoms with Crippen molar-refractivity contribution in [3.8, 4) is 11.4 Å². The highest BCUT2D eigenvalue weighted by atomic mass is 19.4. The minimum Gasteiger partial charge on any atom is -0.497 e. The van der Waals surface area contributed by atoms with Gasteiger partial charge in [-0.1, -0.05) is 0 Å². The van der Waals surface area contributed by atoms with Gasteiger partial charge in [0.25, 0.3) is 0 Å². The Labute approximate surface area is 224 Å².